The van der Waals surface area contributed by atoms with Crippen molar-refractivity contribution in [2.45, 2.75) is 38.8 Å². The zero-order chi connectivity index (χ0) is 18.1. The van der Waals surface area contributed by atoms with Crippen LogP contribution in [0.1, 0.15) is 31.7 Å². The van der Waals surface area contributed by atoms with Gasteiger partial charge >= 0.3 is 0 Å². The van der Waals surface area contributed by atoms with E-state index < -0.39 is 0 Å². The Labute approximate surface area is 149 Å². The van der Waals surface area contributed by atoms with Crippen LogP contribution in [0.5, 0.6) is 5.75 Å². The predicted molar refractivity (Wildman–Crippen MR) is 97.3 cm³/mol. The Morgan fingerprint density at radius 1 is 1.40 bits per heavy atom. The van der Waals surface area contributed by atoms with Crippen LogP contribution in [0.2, 0.25) is 0 Å². The maximum Gasteiger partial charge on any atom is 0.261 e. The largest absolute Gasteiger partial charge is 0.496 e. The number of amidine groups is 1. The fourth-order valence-electron chi connectivity index (χ4n) is 2.90. The molecule has 1 aliphatic rings. The predicted octanol–water partition coefficient (Wildman–Crippen LogP) is 1.47. The highest BCUT2D eigenvalue weighted by atomic mass is 16.6. The summed E-state index contributed by atoms with van der Waals surface area (Å²) in [5.41, 5.74) is 6.79. The van der Waals surface area contributed by atoms with E-state index in [1.807, 2.05) is 24.3 Å². The van der Waals surface area contributed by atoms with Gasteiger partial charge in [-0.05, 0) is 32.4 Å². The molecule has 1 aromatic rings. The summed E-state index contributed by atoms with van der Waals surface area (Å²) >= 11 is 0. The van der Waals surface area contributed by atoms with E-state index in [1.54, 1.807) is 7.11 Å². The lowest BCUT2D eigenvalue weighted by Crippen LogP contribution is -2.43. The first-order valence-electron chi connectivity index (χ1n) is 8.67. The van der Waals surface area contributed by atoms with Gasteiger partial charge in [0.2, 0.25) is 0 Å². The minimum atomic E-state index is -0.256. The first-order chi connectivity index (χ1) is 12.1. The van der Waals surface area contributed by atoms with Gasteiger partial charge < -0.3 is 20.6 Å². The van der Waals surface area contributed by atoms with Crippen molar-refractivity contribution in [1.29, 1.82) is 0 Å². The summed E-state index contributed by atoms with van der Waals surface area (Å²) in [6.45, 7) is 4.00. The van der Waals surface area contributed by atoms with Gasteiger partial charge in [0, 0.05) is 18.2 Å². The summed E-state index contributed by atoms with van der Waals surface area (Å²) in [4.78, 5) is 19.2. The van der Waals surface area contributed by atoms with Crippen molar-refractivity contribution >= 4 is 11.7 Å². The van der Waals surface area contributed by atoms with E-state index >= 15 is 0 Å². The molecule has 7 heteroatoms. The average Bonchev–Trinajstić information content (AvgIpc) is 2.62. The number of methoxy groups -OCH3 is 1. The number of nitrogens with one attached hydrogen (secondary N) is 1. The monoisotopic (exact) mass is 348 g/mol. The van der Waals surface area contributed by atoms with E-state index in [1.165, 1.54) is 19.3 Å². The number of ether oxygens (including phenoxy) is 1. The highest BCUT2D eigenvalue weighted by Gasteiger charge is 2.18. The number of oxime groups is 1. The number of piperidine rings is 1. The number of likely N-dealkylation sites (tertiary alicyclic amines) is 1. The second kappa shape index (κ2) is 9.88. The van der Waals surface area contributed by atoms with Crippen molar-refractivity contribution < 1.29 is 14.4 Å². The molecular weight excluding hydrogens is 320 g/mol. The Morgan fingerprint density at radius 3 is 2.96 bits per heavy atom. The van der Waals surface area contributed by atoms with Gasteiger partial charge in [0.1, 0.15) is 5.75 Å². The Kier molecular flexibility index (Phi) is 7.53. The molecule has 0 unspecified atom stereocenters. The molecular formula is C18H28N4O3. The molecule has 1 aromatic carbocycles. The van der Waals surface area contributed by atoms with Crippen LogP contribution in [-0.4, -0.2) is 49.5 Å². The highest BCUT2D eigenvalue weighted by Crippen LogP contribution is 2.17. The van der Waals surface area contributed by atoms with Crippen LogP contribution in [0.3, 0.4) is 0 Å². The third kappa shape index (κ3) is 6.26. The molecule has 0 aromatic heterocycles. The second-order valence-corrected chi connectivity index (χ2v) is 6.26. The lowest BCUT2D eigenvalue weighted by molar-refractivity contribution is -0.125. The van der Waals surface area contributed by atoms with Gasteiger partial charge in [0.15, 0.2) is 12.4 Å². The Bertz CT molecular complexity index is 591. The van der Waals surface area contributed by atoms with Crippen LogP contribution in [0.15, 0.2) is 29.4 Å². The van der Waals surface area contributed by atoms with Crippen molar-refractivity contribution in [1.82, 2.24) is 10.2 Å². The molecule has 0 bridgehead atoms. The Morgan fingerprint density at radius 2 is 2.20 bits per heavy atom. The Balaban J connectivity index is 1.70. The molecule has 0 radical (unpaired) electrons. The number of para-hydroxylation sites is 1. The first kappa shape index (κ1) is 19.1. The fourth-order valence-corrected chi connectivity index (χ4v) is 2.90. The number of carbonyl (C=O) groups is 1. The summed E-state index contributed by atoms with van der Waals surface area (Å²) < 4.78 is 5.25. The highest BCUT2D eigenvalue weighted by molar-refractivity contribution is 5.82. The number of nitrogens with two attached hydrogens (primary N) is 1. The van der Waals surface area contributed by atoms with Crippen molar-refractivity contribution in [3.8, 4) is 5.75 Å². The van der Waals surface area contributed by atoms with Crippen LogP contribution < -0.4 is 15.8 Å². The average molecular weight is 348 g/mol. The van der Waals surface area contributed by atoms with Crippen LogP contribution in [0, 0.1) is 0 Å². The van der Waals surface area contributed by atoms with E-state index in [0.29, 0.717) is 25.0 Å². The fraction of sp³-hybridized carbons (Fsp3) is 0.556. The number of nitrogens with zero attached hydrogens (tertiary/aromatic N) is 2. The lowest BCUT2D eigenvalue weighted by atomic mass is 10.0. The maximum atomic E-state index is 11.8. The quantitative estimate of drug-likeness (QED) is 0.422. The molecule has 3 N–H and O–H groups in total. The van der Waals surface area contributed by atoms with Gasteiger partial charge in [0.05, 0.1) is 13.7 Å². The summed E-state index contributed by atoms with van der Waals surface area (Å²) in [6.07, 6.45) is 3.63. The van der Waals surface area contributed by atoms with Gasteiger partial charge in [-0.25, -0.2) is 0 Å². The zero-order valence-electron chi connectivity index (χ0n) is 15.0. The van der Waals surface area contributed by atoms with E-state index in [4.69, 9.17) is 15.3 Å². The molecule has 1 aliphatic heterocycles. The normalized spacial score (nSPS) is 18.6. The summed E-state index contributed by atoms with van der Waals surface area (Å²) in [5, 5.41) is 6.62. The first-order valence-corrected chi connectivity index (χ1v) is 8.67. The van der Waals surface area contributed by atoms with Gasteiger partial charge in [0.25, 0.3) is 5.91 Å². The van der Waals surface area contributed by atoms with Crippen molar-refractivity contribution in [3.05, 3.63) is 29.8 Å². The SMILES string of the molecule is COc1ccccc1CNC(=O)CO/N=C(\N)CN1CCCC[C@@H]1C. The number of hydrogen-bond acceptors (Lipinski definition) is 5. The number of rotatable bonds is 8. The Hall–Kier alpha value is -2.28. The van der Waals surface area contributed by atoms with Gasteiger partial charge in [-0.2, -0.15) is 0 Å². The van der Waals surface area contributed by atoms with Gasteiger partial charge in [-0.15, -0.1) is 0 Å². The molecule has 1 fully saturated rings. The molecule has 2 rings (SSSR count). The lowest BCUT2D eigenvalue weighted by Gasteiger charge is -2.32. The van der Waals surface area contributed by atoms with Crippen LogP contribution >= 0.6 is 0 Å². The molecule has 0 aliphatic carbocycles. The second-order valence-electron chi connectivity index (χ2n) is 6.26. The molecule has 1 heterocycles. The van der Waals surface area contributed by atoms with Gasteiger partial charge in [-0.3, -0.25) is 9.69 Å². The van der Waals surface area contributed by atoms with Crippen molar-refractivity contribution in [3.63, 3.8) is 0 Å². The van der Waals surface area contributed by atoms with Crippen LogP contribution in [0.4, 0.5) is 0 Å². The van der Waals surface area contributed by atoms with Crippen LogP contribution in [0.25, 0.3) is 0 Å². The molecule has 25 heavy (non-hydrogen) atoms. The van der Waals surface area contributed by atoms with E-state index in [0.717, 1.165) is 17.9 Å². The summed E-state index contributed by atoms with van der Waals surface area (Å²) in [5.74, 6) is 0.877. The van der Waals surface area contributed by atoms with Crippen molar-refractivity contribution in [2.24, 2.45) is 10.9 Å². The van der Waals surface area contributed by atoms with Crippen LogP contribution in [-0.2, 0) is 16.2 Å². The van der Waals surface area contributed by atoms with E-state index in [2.05, 4.69) is 22.3 Å². The number of hydrogen-bond donors (Lipinski definition) is 2. The minimum Gasteiger partial charge on any atom is -0.496 e. The molecule has 1 amide bonds. The minimum absolute atomic E-state index is 0.161. The van der Waals surface area contributed by atoms with E-state index in [-0.39, 0.29) is 12.5 Å². The smallest absolute Gasteiger partial charge is 0.261 e. The molecule has 1 atom stereocenters. The maximum absolute atomic E-state index is 11.8. The standard InChI is InChI=1S/C18H28N4O3/c1-14-7-5-6-10-22(14)12-17(19)21-25-13-18(23)20-11-15-8-3-4-9-16(15)24-2/h3-4,8-9,14H,5-7,10-13H2,1-2H3,(H2,19,21)(H,20,23)/t14-/m0/s1. The van der Waals surface area contributed by atoms with Crippen molar-refractivity contribution in [2.75, 3.05) is 26.8 Å². The summed E-state index contributed by atoms with van der Waals surface area (Å²) in [6, 6.07) is 8.04. The molecule has 138 valence electrons. The number of amides is 1. The zero-order valence-corrected chi connectivity index (χ0v) is 15.0. The number of benzene rings is 1. The topological polar surface area (TPSA) is 89.2 Å². The molecule has 0 spiro atoms. The summed E-state index contributed by atoms with van der Waals surface area (Å²) in [7, 11) is 1.60. The molecule has 1 saturated heterocycles. The third-order valence-corrected chi connectivity index (χ3v) is 4.35. The third-order valence-electron chi connectivity index (χ3n) is 4.35. The van der Waals surface area contributed by atoms with Gasteiger partial charge in [-0.1, -0.05) is 29.8 Å². The van der Waals surface area contributed by atoms with E-state index in [9.17, 15) is 4.79 Å². The number of carbonyl (C=O) groups excluding carboxylic acids is 1. The molecule has 0 saturated carbocycles. The molecule has 7 nitrogen and oxygen atoms in total.